The van der Waals surface area contributed by atoms with Gasteiger partial charge in [-0.3, -0.25) is 0 Å². The Hall–Kier alpha value is -1.06. The number of anilines is 1. The molecule has 1 saturated carbocycles. The first-order valence-corrected chi connectivity index (χ1v) is 6.85. The summed E-state index contributed by atoms with van der Waals surface area (Å²) in [6.07, 6.45) is 2.80. The lowest BCUT2D eigenvalue weighted by Crippen LogP contribution is -2.37. The average molecular weight is 248 g/mol. The summed E-state index contributed by atoms with van der Waals surface area (Å²) < 4.78 is 0. The summed E-state index contributed by atoms with van der Waals surface area (Å²) >= 11 is 0. The van der Waals surface area contributed by atoms with E-state index < -0.39 is 0 Å². The van der Waals surface area contributed by atoms with Crippen LogP contribution in [0.2, 0.25) is 0 Å². The summed E-state index contributed by atoms with van der Waals surface area (Å²) in [5.41, 5.74) is 8.43. The van der Waals surface area contributed by atoms with Crippen LogP contribution in [0.5, 0.6) is 0 Å². The van der Waals surface area contributed by atoms with Crippen molar-refractivity contribution in [3.05, 3.63) is 29.8 Å². The number of aliphatic hydroxyl groups is 1. The highest BCUT2D eigenvalue weighted by Gasteiger charge is 2.27. The van der Waals surface area contributed by atoms with Gasteiger partial charge in [0.15, 0.2) is 0 Å². The smallest absolute Gasteiger partial charge is 0.0546 e. The third kappa shape index (κ3) is 3.03. The van der Waals surface area contributed by atoms with E-state index in [9.17, 15) is 5.11 Å². The normalized spacial score (nSPS) is 24.4. The molecule has 3 N–H and O–H groups in total. The van der Waals surface area contributed by atoms with Crippen LogP contribution >= 0.6 is 0 Å². The van der Waals surface area contributed by atoms with Crippen molar-refractivity contribution in [1.82, 2.24) is 0 Å². The molecule has 0 spiro atoms. The molecule has 3 heteroatoms. The van der Waals surface area contributed by atoms with Gasteiger partial charge >= 0.3 is 0 Å². The van der Waals surface area contributed by atoms with E-state index in [0.717, 1.165) is 25.8 Å². The van der Waals surface area contributed by atoms with Crippen molar-refractivity contribution >= 4 is 5.69 Å². The lowest BCUT2D eigenvalue weighted by atomic mass is 9.82. The number of benzene rings is 1. The molecule has 1 aromatic rings. The topological polar surface area (TPSA) is 49.5 Å². The zero-order chi connectivity index (χ0) is 13.1. The summed E-state index contributed by atoms with van der Waals surface area (Å²) in [4.78, 5) is 2.26. The van der Waals surface area contributed by atoms with Crippen molar-refractivity contribution in [3.8, 4) is 0 Å². The van der Waals surface area contributed by atoms with E-state index in [1.54, 1.807) is 0 Å². The molecule has 0 radical (unpaired) electrons. The second-order valence-electron chi connectivity index (χ2n) is 5.48. The Bertz CT molecular complexity index is 371. The average Bonchev–Trinajstić information content (AvgIpc) is 2.36. The van der Waals surface area contributed by atoms with E-state index in [1.807, 2.05) is 0 Å². The predicted molar refractivity (Wildman–Crippen MR) is 75.7 cm³/mol. The Morgan fingerprint density at radius 3 is 2.44 bits per heavy atom. The minimum absolute atomic E-state index is 0.0617. The highest BCUT2D eigenvalue weighted by atomic mass is 16.3. The fourth-order valence-electron chi connectivity index (χ4n) is 2.55. The van der Waals surface area contributed by atoms with Gasteiger partial charge in [0.05, 0.1) is 6.10 Å². The molecule has 100 valence electrons. The van der Waals surface area contributed by atoms with E-state index >= 15 is 0 Å². The van der Waals surface area contributed by atoms with Crippen LogP contribution in [0.15, 0.2) is 24.3 Å². The van der Waals surface area contributed by atoms with Gasteiger partial charge in [0.2, 0.25) is 0 Å². The molecule has 1 atom stereocenters. The maximum atomic E-state index is 9.29. The summed E-state index contributed by atoms with van der Waals surface area (Å²) in [5.74, 6) is 0.641. The fraction of sp³-hybridized carbons (Fsp3) is 0.600. The third-order valence-corrected chi connectivity index (χ3v) is 3.94. The summed E-state index contributed by atoms with van der Waals surface area (Å²) in [6.45, 7) is 3.13. The summed E-state index contributed by atoms with van der Waals surface area (Å²) in [6, 6.07) is 8.66. The first-order valence-electron chi connectivity index (χ1n) is 6.85. The van der Waals surface area contributed by atoms with Gasteiger partial charge in [0, 0.05) is 25.3 Å². The minimum Gasteiger partial charge on any atom is -0.393 e. The van der Waals surface area contributed by atoms with Crippen molar-refractivity contribution in [2.24, 2.45) is 11.7 Å². The van der Waals surface area contributed by atoms with Gasteiger partial charge < -0.3 is 15.7 Å². The molecule has 0 unspecified atom stereocenters. The van der Waals surface area contributed by atoms with Crippen LogP contribution in [0.4, 0.5) is 5.69 Å². The molecule has 0 bridgehead atoms. The number of hydrogen-bond donors (Lipinski definition) is 2. The monoisotopic (exact) mass is 248 g/mol. The predicted octanol–water partition coefficient (Wildman–Crippen LogP) is 2.30. The molecule has 3 nitrogen and oxygen atoms in total. The van der Waals surface area contributed by atoms with E-state index in [1.165, 1.54) is 11.3 Å². The molecular formula is C15H24N2O. The van der Waals surface area contributed by atoms with Crippen LogP contribution < -0.4 is 10.6 Å². The van der Waals surface area contributed by atoms with Crippen LogP contribution in [0, 0.1) is 5.92 Å². The Labute approximate surface area is 110 Å². The second-order valence-corrected chi connectivity index (χ2v) is 5.48. The largest absolute Gasteiger partial charge is 0.393 e. The third-order valence-electron chi connectivity index (χ3n) is 3.94. The molecule has 1 aliphatic rings. The Morgan fingerprint density at radius 1 is 1.33 bits per heavy atom. The van der Waals surface area contributed by atoms with Crippen LogP contribution in [0.25, 0.3) is 0 Å². The minimum atomic E-state index is -0.0617. The molecule has 0 aromatic heterocycles. The molecule has 0 heterocycles. The molecule has 2 rings (SSSR count). The van der Waals surface area contributed by atoms with Gasteiger partial charge in [-0.05, 0) is 42.9 Å². The zero-order valence-electron chi connectivity index (χ0n) is 11.3. The van der Waals surface area contributed by atoms with Gasteiger partial charge in [-0.25, -0.2) is 0 Å². The maximum absolute atomic E-state index is 9.29. The van der Waals surface area contributed by atoms with Crippen molar-refractivity contribution in [2.75, 3.05) is 18.5 Å². The Balaban J connectivity index is 1.92. The van der Waals surface area contributed by atoms with Gasteiger partial charge in [-0.2, -0.15) is 0 Å². The molecule has 0 amide bonds. The number of nitrogens with two attached hydrogens (primary N) is 1. The molecular weight excluding hydrogens is 224 g/mol. The second kappa shape index (κ2) is 5.72. The number of rotatable bonds is 5. The van der Waals surface area contributed by atoms with E-state index in [0.29, 0.717) is 5.92 Å². The van der Waals surface area contributed by atoms with Gasteiger partial charge in [0.25, 0.3) is 0 Å². The maximum Gasteiger partial charge on any atom is 0.0546 e. The Kier molecular flexibility index (Phi) is 4.25. The van der Waals surface area contributed by atoms with Crippen molar-refractivity contribution in [2.45, 2.75) is 38.3 Å². The van der Waals surface area contributed by atoms with Crippen molar-refractivity contribution < 1.29 is 5.11 Å². The molecule has 1 aromatic carbocycles. The summed E-state index contributed by atoms with van der Waals surface area (Å²) in [7, 11) is 2.11. The molecule has 18 heavy (non-hydrogen) atoms. The molecule has 1 aliphatic carbocycles. The van der Waals surface area contributed by atoms with Gasteiger partial charge in [0.1, 0.15) is 0 Å². The summed E-state index contributed by atoms with van der Waals surface area (Å²) in [5, 5.41) is 9.29. The molecule has 0 saturated heterocycles. The SMILES string of the molecule is CC[C@H](N)c1ccc(N(C)CC2CC(O)C2)cc1. The van der Waals surface area contributed by atoms with Gasteiger partial charge in [-0.1, -0.05) is 19.1 Å². The Morgan fingerprint density at radius 2 is 1.94 bits per heavy atom. The molecule has 0 aliphatic heterocycles. The highest BCUT2D eigenvalue weighted by Crippen LogP contribution is 2.29. The quantitative estimate of drug-likeness (QED) is 0.840. The van der Waals surface area contributed by atoms with E-state index in [4.69, 9.17) is 5.73 Å². The van der Waals surface area contributed by atoms with Crippen LogP contribution in [0.3, 0.4) is 0 Å². The van der Waals surface area contributed by atoms with Crippen LogP contribution in [-0.4, -0.2) is 24.8 Å². The fourth-order valence-corrected chi connectivity index (χ4v) is 2.55. The van der Waals surface area contributed by atoms with Crippen LogP contribution in [-0.2, 0) is 0 Å². The number of nitrogens with zero attached hydrogens (tertiary/aromatic N) is 1. The lowest BCUT2D eigenvalue weighted by molar-refractivity contribution is 0.0465. The van der Waals surface area contributed by atoms with E-state index in [-0.39, 0.29) is 12.1 Å². The standard InChI is InChI=1S/C15H24N2O/c1-3-15(16)12-4-6-13(7-5-12)17(2)10-11-8-14(18)9-11/h4-7,11,14-15,18H,3,8-10,16H2,1-2H3/t11?,14?,15-/m0/s1. The van der Waals surface area contributed by atoms with Crippen LogP contribution in [0.1, 0.15) is 37.8 Å². The first-order chi connectivity index (χ1) is 8.60. The van der Waals surface area contributed by atoms with E-state index in [2.05, 4.69) is 43.1 Å². The zero-order valence-corrected chi connectivity index (χ0v) is 11.3. The van der Waals surface area contributed by atoms with Crippen molar-refractivity contribution in [3.63, 3.8) is 0 Å². The highest BCUT2D eigenvalue weighted by molar-refractivity contribution is 5.47. The number of hydrogen-bond acceptors (Lipinski definition) is 3. The molecule has 1 fully saturated rings. The number of aliphatic hydroxyl groups excluding tert-OH is 1. The van der Waals surface area contributed by atoms with Gasteiger partial charge in [-0.15, -0.1) is 0 Å². The van der Waals surface area contributed by atoms with Crippen molar-refractivity contribution in [1.29, 1.82) is 0 Å². The lowest BCUT2D eigenvalue weighted by Gasteiger charge is -2.35. The first kappa shape index (κ1) is 13.4.